The Labute approximate surface area is 109 Å². The largest absolute Gasteiger partial charge is 0.496 e. The van der Waals surface area contributed by atoms with Crippen LogP contribution in [-0.4, -0.2) is 12.2 Å². The lowest BCUT2D eigenvalue weighted by molar-refractivity contribution is 0.214. The minimum Gasteiger partial charge on any atom is -0.496 e. The molecule has 0 aliphatic carbocycles. The highest BCUT2D eigenvalue weighted by Gasteiger charge is 2.14. The summed E-state index contributed by atoms with van der Waals surface area (Å²) in [6.07, 6.45) is -0.667. The summed E-state index contributed by atoms with van der Waals surface area (Å²) in [5, 5.41) is 10.3. The molecule has 2 nitrogen and oxygen atoms in total. The van der Waals surface area contributed by atoms with Crippen molar-refractivity contribution in [3.63, 3.8) is 0 Å². The number of aliphatic hydroxyl groups is 1. The summed E-state index contributed by atoms with van der Waals surface area (Å²) in [6.45, 7) is 0. The number of hydrogen-bond acceptors (Lipinski definition) is 2. The van der Waals surface area contributed by atoms with E-state index in [1.54, 1.807) is 7.11 Å². The van der Waals surface area contributed by atoms with Gasteiger partial charge < -0.3 is 9.84 Å². The third-order valence-corrected chi connectivity index (χ3v) is 3.15. The first kappa shape index (κ1) is 12.1. The van der Waals surface area contributed by atoms with Crippen molar-refractivity contribution in [1.29, 1.82) is 0 Å². The van der Waals surface area contributed by atoms with Gasteiger partial charge in [-0.15, -0.1) is 0 Å². The molecule has 3 heteroatoms. The third kappa shape index (κ3) is 2.68. The average molecular weight is 293 g/mol. The summed E-state index contributed by atoms with van der Waals surface area (Å²) in [5.74, 6) is 0.697. The molecule has 0 heterocycles. The molecule has 1 N–H and O–H groups in total. The van der Waals surface area contributed by atoms with Crippen LogP contribution in [0.4, 0.5) is 0 Å². The Hall–Kier alpha value is -1.32. The van der Waals surface area contributed by atoms with Gasteiger partial charge in [-0.2, -0.15) is 0 Å². The van der Waals surface area contributed by atoms with E-state index >= 15 is 0 Å². The van der Waals surface area contributed by atoms with E-state index < -0.39 is 6.10 Å². The van der Waals surface area contributed by atoms with Crippen LogP contribution in [0.25, 0.3) is 0 Å². The van der Waals surface area contributed by atoms with Crippen molar-refractivity contribution in [2.24, 2.45) is 0 Å². The molecule has 2 rings (SSSR count). The van der Waals surface area contributed by atoms with Crippen molar-refractivity contribution in [2.75, 3.05) is 7.11 Å². The molecule has 2 aromatic rings. The van der Waals surface area contributed by atoms with Crippen molar-refractivity contribution in [2.45, 2.75) is 6.10 Å². The maximum absolute atomic E-state index is 10.3. The first-order valence-electron chi connectivity index (χ1n) is 5.29. The number of para-hydroxylation sites is 1. The smallest absolute Gasteiger partial charge is 0.125 e. The zero-order valence-electron chi connectivity index (χ0n) is 9.43. The monoisotopic (exact) mass is 292 g/mol. The highest BCUT2D eigenvalue weighted by atomic mass is 79.9. The fourth-order valence-electron chi connectivity index (χ4n) is 1.72. The molecule has 0 amide bonds. The molecular formula is C14H13BrO2. The van der Waals surface area contributed by atoms with Crippen LogP contribution in [0.5, 0.6) is 5.75 Å². The molecule has 0 radical (unpaired) electrons. The van der Waals surface area contributed by atoms with Crippen molar-refractivity contribution in [1.82, 2.24) is 0 Å². The van der Waals surface area contributed by atoms with Crippen LogP contribution in [0.3, 0.4) is 0 Å². The predicted octanol–water partition coefficient (Wildman–Crippen LogP) is 3.54. The van der Waals surface area contributed by atoms with Gasteiger partial charge in [0.25, 0.3) is 0 Å². The van der Waals surface area contributed by atoms with Gasteiger partial charge in [0.2, 0.25) is 0 Å². The van der Waals surface area contributed by atoms with Gasteiger partial charge in [0.1, 0.15) is 11.9 Å². The number of rotatable bonds is 3. The topological polar surface area (TPSA) is 29.5 Å². The second-order valence-electron chi connectivity index (χ2n) is 3.70. The Morgan fingerprint density at radius 1 is 1.06 bits per heavy atom. The zero-order chi connectivity index (χ0) is 12.3. The summed E-state index contributed by atoms with van der Waals surface area (Å²) in [5.41, 5.74) is 1.62. The first-order chi connectivity index (χ1) is 8.22. The van der Waals surface area contributed by atoms with Gasteiger partial charge >= 0.3 is 0 Å². The molecule has 0 spiro atoms. The maximum Gasteiger partial charge on any atom is 0.125 e. The van der Waals surface area contributed by atoms with E-state index in [9.17, 15) is 5.11 Å². The Kier molecular flexibility index (Phi) is 3.82. The quantitative estimate of drug-likeness (QED) is 0.938. The number of aliphatic hydroxyl groups excluding tert-OH is 1. The van der Waals surface area contributed by atoms with Gasteiger partial charge in [0.15, 0.2) is 0 Å². The normalized spacial score (nSPS) is 12.2. The summed E-state index contributed by atoms with van der Waals surface area (Å²) >= 11 is 3.37. The predicted molar refractivity (Wildman–Crippen MR) is 71.2 cm³/mol. The van der Waals surface area contributed by atoms with Crippen LogP contribution >= 0.6 is 15.9 Å². The van der Waals surface area contributed by atoms with E-state index in [2.05, 4.69) is 15.9 Å². The molecule has 1 unspecified atom stereocenters. The standard InChI is InChI=1S/C14H13BrO2/c1-17-13-5-3-2-4-12(13)14(16)10-6-8-11(15)9-7-10/h2-9,14,16H,1H3. The fraction of sp³-hybridized carbons (Fsp3) is 0.143. The highest BCUT2D eigenvalue weighted by Crippen LogP contribution is 2.30. The van der Waals surface area contributed by atoms with Crippen molar-refractivity contribution < 1.29 is 9.84 Å². The van der Waals surface area contributed by atoms with Crippen LogP contribution < -0.4 is 4.74 Å². The van der Waals surface area contributed by atoms with Gasteiger partial charge in [-0.05, 0) is 23.8 Å². The Morgan fingerprint density at radius 2 is 1.71 bits per heavy atom. The van der Waals surface area contributed by atoms with E-state index in [-0.39, 0.29) is 0 Å². The summed E-state index contributed by atoms with van der Waals surface area (Å²) < 4.78 is 6.24. The average Bonchev–Trinajstić information content (AvgIpc) is 2.39. The summed E-state index contributed by atoms with van der Waals surface area (Å²) in [6, 6.07) is 15.1. The van der Waals surface area contributed by atoms with E-state index in [1.165, 1.54) is 0 Å². The number of halogens is 1. The van der Waals surface area contributed by atoms with Gasteiger partial charge in [0, 0.05) is 10.0 Å². The second kappa shape index (κ2) is 5.34. The SMILES string of the molecule is COc1ccccc1C(O)c1ccc(Br)cc1. The lowest BCUT2D eigenvalue weighted by atomic mass is 10.0. The number of benzene rings is 2. The number of methoxy groups -OCH3 is 1. The lowest BCUT2D eigenvalue weighted by Crippen LogP contribution is -2.01. The molecule has 0 aliphatic heterocycles. The van der Waals surface area contributed by atoms with Crippen LogP contribution in [0.15, 0.2) is 53.0 Å². The molecule has 1 atom stereocenters. The minimum absolute atomic E-state index is 0.667. The van der Waals surface area contributed by atoms with Gasteiger partial charge in [-0.1, -0.05) is 46.3 Å². The Morgan fingerprint density at radius 3 is 2.35 bits per heavy atom. The Balaban J connectivity index is 2.36. The second-order valence-corrected chi connectivity index (χ2v) is 4.61. The number of ether oxygens (including phenoxy) is 1. The first-order valence-corrected chi connectivity index (χ1v) is 6.08. The van der Waals surface area contributed by atoms with E-state index in [0.717, 1.165) is 15.6 Å². The molecular weight excluding hydrogens is 280 g/mol. The molecule has 0 saturated heterocycles. The van der Waals surface area contributed by atoms with Gasteiger partial charge in [-0.25, -0.2) is 0 Å². The van der Waals surface area contributed by atoms with Crippen molar-refractivity contribution >= 4 is 15.9 Å². The zero-order valence-corrected chi connectivity index (χ0v) is 11.0. The van der Waals surface area contributed by atoms with Crippen LogP contribution in [0.1, 0.15) is 17.2 Å². The van der Waals surface area contributed by atoms with E-state index in [1.807, 2.05) is 48.5 Å². The van der Waals surface area contributed by atoms with Crippen molar-refractivity contribution in [3.8, 4) is 5.75 Å². The molecule has 88 valence electrons. The van der Waals surface area contributed by atoms with E-state index in [4.69, 9.17) is 4.74 Å². The van der Waals surface area contributed by atoms with Crippen LogP contribution in [-0.2, 0) is 0 Å². The Bertz CT molecular complexity index is 494. The molecule has 0 fully saturated rings. The summed E-state index contributed by atoms with van der Waals surface area (Å²) in [4.78, 5) is 0. The molecule has 0 aromatic heterocycles. The van der Waals surface area contributed by atoms with Crippen molar-refractivity contribution in [3.05, 3.63) is 64.1 Å². The number of hydrogen-bond donors (Lipinski definition) is 1. The molecule has 0 aliphatic rings. The van der Waals surface area contributed by atoms with Crippen LogP contribution in [0.2, 0.25) is 0 Å². The molecule has 2 aromatic carbocycles. The highest BCUT2D eigenvalue weighted by molar-refractivity contribution is 9.10. The van der Waals surface area contributed by atoms with Gasteiger partial charge in [0.05, 0.1) is 7.11 Å². The third-order valence-electron chi connectivity index (χ3n) is 2.62. The molecule has 17 heavy (non-hydrogen) atoms. The fourth-order valence-corrected chi connectivity index (χ4v) is 1.98. The summed E-state index contributed by atoms with van der Waals surface area (Å²) in [7, 11) is 1.60. The molecule has 0 bridgehead atoms. The van der Waals surface area contributed by atoms with Gasteiger partial charge in [-0.3, -0.25) is 0 Å². The molecule has 0 saturated carbocycles. The lowest BCUT2D eigenvalue weighted by Gasteiger charge is -2.15. The maximum atomic E-state index is 10.3. The van der Waals surface area contributed by atoms with Crippen LogP contribution in [0, 0.1) is 0 Å². The van der Waals surface area contributed by atoms with E-state index in [0.29, 0.717) is 5.75 Å². The minimum atomic E-state index is -0.667.